The highest BCUT2D eigenvalue weighted by atomic mass is 32.2. The quantitative estimate of drug-likeness (QED) is 0.842. The second-order valence-electron chi connectivity index (χ2n) is 6.37. The lowest BCUT2D eigenvalue weighted by Gasteiger charge is -2.41. The first-order valence-corrected chi connectivity index (χ1v) is 8.89. The summed E-state index contributed by atoms with van der Waals surface area (Å²) >= 11 is 1.93. The van der Waals surface area contributed by atoms with Gasteiger partial charge in [0, 0.05) is 25.4 Å². The fourth-order valence-electron chi connectivity index (χ4n) is 3.48. The molecule has 1 saturated heterocycles. The molecule has 5 heteroatoms. The van der Waals surface area contributed by atoms with Crippen LogP contribution >= 0.6 is 11.8 Å². The first-order valence-electron chi connectivity index (χ1n) is 7.73. The summed E-state index contributed by atoms with van der Waals surface area (Å²) in [6.07, 6.45) is 5.02. The average Bonchev–Trinajstić information content (AvgIpc) is 2.92. The van der Waals surface area contributed by atoms with E-state index in [9.17, 15) is 4.79 Å². The third kappa shape index (κ3) is 3.68. The van der Waals surface area contributed by atoms with Crippen LogP contribution in [0.5, 0.6) is 0 Å². The summed E-state index contributed by atoms with van der Waals surface area (Å²) in [5.74, 6) is 2.91. The number of hydrogen-bond acceptors (Lipinski definition) is 4. The van der Waals surface area contributed by atoms with Gasteiger partial charge >= 0.3 is 0 Å². The van der Waals surface area contributed by atoms with Gasteiger partial charge in [-0.2, -0.15) is 11.8 Å². The Morgan fingerprint density at radius 3 is 2.90 bits per heavy atom. The lowest BCUT2D eigenvalue weighted by Crippen LogP contribution is -2.60. The maximum Gasteiger partial charge on any atom is 0.243 e. The van der Waals surface area contributed by atoms with Crippen LogP contribution in [0.4, 0.5) is 0 Å². The molecule has 1 aliphatic carbocycles. The SMILES string of the molecule is COCCN(C(=O)C1(N)CCCC(C)C1)C1CCSC1. The summed E-state index contributed by atoms with van der Waals surface area (Å²) < 4.78 is 5.18. The van der Waals surface area contributed by atoms with Gasteiger partial charge in [-0.15, -0.1) is 0 Å². The first kappa shape index (κ1) is 16.1. The van der Waals surface area contributed by atoms with E-state index in [4.69, 9.17) is 10.5 Å². The van der Waals surface area contributed by atoms with E-state index in [-0.39, 0.29) is 5.91 Å². The summed E-state index contributed by atoms with van der Waals surface area (Å²) in [5, 5.41) is 0. The number of ether oxygens (including phenoxy) is 1. The van der Waals surface area contributed by atoms with Gasteiger partial charge in [-0.1, -0.05) is 19.8 Å². The summed E-state index contributed by atoms with van der Waals surface area (Å²) in [4.78, 5) is 15.0. The number of nitrogens with two attached hydrogens (primary N) is 1. The number of amides is 1. The van der Waals surface area contributed by atoms with Gasteiger partial charge in [0.25, 0.3) is 0 Å². The lowest BCUT2D eigenvalue weighted by atomic mass is 9.76. The van der Waals surface area contributed by atoms with Crippen molar-refractivity contribution in [3.63, 3.8) is 0 Å². The molecule has 1 aliphatic heterocycles. The maximum absolute atomic E-state index is 13.0. The van der Waals surface area contributed by atoms with E-state index in [1.807, 2.05) is 16.7 Å². The molecule has 2 rings (SSSR count). The molecule has 1 heterocycles. The van der Waals surface area contributed by atoms with E-state index in [1.54, 1.807) is 7.11 Å². The molecular weight excluding hydrogens is 272 g/mol. The van der Waals surface area contributed by atoms with E-state index in [0.29, 0.717) is 25.1 Å². The van der Waals surface area contributed by atoms with Gasteiger partial charge in [-0.3, -0.25) is 4.79 Å². The summed E-state index contributed by atoms with van der Waals surface area (Å²) in [6, 6.07) is 0.348. The molecule has 2 fully saturated rings. The lowest BCUT2D eigenvalue weighted by molar-refractivity contribution is -0.141. The molecule has 1 saturated carbocycles. The third-order valence-corrected chi connectivity index (χ3v) is 5.75. The van der Waals surface area contributed by atoms with Gasteiger partial charge < -0.3 is 15.4 Å². The Morgan fingerprint density at radius 2 is 2.30 bits per heavy atom. The highest BCUT2D eigenvalue weighted by Gasteiger charge is 2.42. The van der Waals surface area contributed by atoms with E-state index in [1.165, 1.54) is 6.42 Å². The molecule has 20 heavy (non-hydrogen) atoms. The molecule has 4 nitrogen and oxygen atoms in total. The van der Waals surface area contributed by atoms with Gasteiger partial charge in [-0.05, 0) is 30.9 Å². The molecular formula is C15H28N2O2S. The minimum Gasteiger partial charge on any atom is -0.383 e. The summed E-state index contributed by atoms with van der Waals surface area (Å²) in [6.45, 7) is 3.48. The van der Waals surface area contributed by atoms with Crippen LogP contribution < -0.4 is 5.73 Å². The monoisotopic (exact) mass is 300 g/mol. The van der Waals surface area contributed by atoms with Gasteiger partial charge in [0.15, 0.2) is 0 Å². The zero-order chi connectivity index (χ0) is 14.6. The minimum atomic E-state index is -0.640. The predicted molar refractivity (Wildman–Crippen MR) is 83.9 cm³/mol. The third-order valence-electron chi connectivity index (χ3n) is 4.60. The molecule has 0 aromatic heterocycles. The number of hydrogen-bond donors (Lipinski definition) is 1. The smallest absolute Gasteiger partial charge is 0.243 e. The Bertz CT molecular complexity index is 334. The second-order valence-corrected chi connectivity index (χ2v) is 7.52. The van der Waals surface area contributed by atoms with Crippen molar-refractivity contribution in [2.24, 2.45) is 11.7 Å². The number of nitrogens with zero attached hydrogens (tertiary/aromatic N) is 1. The van der Waals surface area contributed by atoms with Gasteiger partial charge in [-0.25, -0.2) is 0 Å². The van der Waals surface area contributed by atoms with Gasteiger partial charge in [0.1, 0.15) is 0 Å². The van der Waals surface area contributed by atoms with Crippen LogP contribution in [0.2, 0.25) is 0 Å². The fourth-order valence-corrected chi connectivity index (χ4v) is 4.70. The molecule has 0 radical (unpaired) electrons. The maximum atomic E-state index is 13.0. The number of carbonyl (C=O) groups is 1. The van der Waals surface area contributed by atoms with Crippen LogP contribution in [0.1, 0.15) is 39.0 Å². The van der Waals surface area contributed by atoms with Crippen molar-refractivity contribution in [3.8, 4) is 0 Å². The molecule has 0 spiro atoms. The largest absolute Gasteiger partial charge is 0.383 e. The van der Waals surface area contributed by atoms with E-state index >= 15 is 0 Å². The van der Waals surface area contributed by atoms with Crippen LogP contribution in [0.25, 0.3) is 0 Å². The van der Waals surface area contributed by atoms with Gasteiger partial charge in [0.05, 0.1) is 12.1 Å². The molecule has 0 aromatic carbocycles. The van der Waals surface area contributed by atoms with Crippen molar-refractivity contribution in [2.45, 2.75) is 50.6 Å². The summed E-state index contributed by atoms with van der Waals surface area (Å²) in [7, 11) is 1.69. The molecule has 0 bridgehead atoms. The number of thioether (sulfide) groups is 1. The molecule has 0 aromatic rings. The minimum absolute atomic E-state index is 0.161. The number of carbonyl (C=O) groups excluding carboxylic acids is 1. The zero-order valence-corrected chi connectivity index (χ0v) is 13.6. The average molecular weight is 300 g/mol. The fraction of sp³-hybridized carbons (Fsp3) is 0.933. The van der Waals surface area contributed by atoms with Crippen molar-refractivity contribution in [1.82, 2.24) is 4.90 Å². The Hall–Kier alpha value is -0.260. The molecule has 1 amide bonds. The van der Waals surface area contributed by atoms with Crippen LogP contribution in [0.15, 0.2) is 0 Å². The first-order chi connectivity index (χ1) is 9.57. The van der Waals surface area contributed by atoms with E-state index in [0.717, 1.165) is 37.2 Å². The van der Waals surface area contributed by atoms with Crippen molar-refractivity contribution in [2.75, 3.05) is 31.8 Å². The van der Waals surface area contributed by atoms with E-state index in [2.05, 4.69) is 6.92 Å². The van der Waals surface area contributed by atoms with Crippen LogP contribution in [0.3, 0.4) is 0 Å². The number of rotatable bonds is 5. The summed E-state index contributed by atoms with van der Waals surface area (Å²) in [5.41, 5.74) is 5.85. The number of methoxy groups -OCH3 is 1. The van der Waals surface area contributed by atoms with Crippen molar-refractivity contribution in [3.05, 3.63) is 0 Å². The standard InChI is InChI=1S/C15H28N2O2S/c1-12-4-3-6-15(16,10-12)14(18)17(7-8-19-2)13-5-9-20-11-13/h12-13H,3-11,16H2,1-2H3. The molecule has 116 valence electrons. The zero-order valence-electron chi connectivity index (χ0n) is 12.8. The molecule has 3 unspecified atom stereocenters. The Labute approximate surface area is 126 Å². The Kier molecular flexibility index (Phi) is 5.75. The molecule has 2 aliphatic rings. The highest BCUT2D eigenvalue weighted by molar-refractivity contribution is 7.99. The second kappa shape index (κ2) is 7.14. The predicted octanol–water partition coefficient (Wildman–Crippen LogP) is 1.87. The van der Waals surface area contributed by atoms with Crippen molar-refractivity contribution in [1.29, 1.82) is 0 Å². The van der Waals surface area contributed by atoms with Crippen molar-refractivity contribution >= 4 is 17.7 Å². The van der Waals surface area contributed by atoms with Crippen molar-refractivity contribution < 1.29 is 9.53 Å². The Morgan fingerprint density at radius 1 is 1.50 bits per heavy atom. The van der Waals surface area contributed by atoms with Crippen LogP contribution in [0, 0.1) is 5.92 Å². The molecule has 3 atom stereocenters. The van der Waals surface area contributed by atoms with Gasteiger partial charge in [0.2, 0.25) is 5.91 Å². The van der Waals surface area contributed by atoms with Crippen LogP contribution in [-0.4, -0.2) is 54.2 Å². The highest BCUT2D eigenvalue weighted by Crippen LogP contribution is 2.33. The molecule has 2 N–H and O–H groups in total. The topological polar surface area (TPSA) is 55.6 Å². The normalized spacial score (nSPS) is 34.1. The van der Waals surface area contributed by atoms with Crippen LogP contribution in [-0.2, 0) is 9.53 Å². The Balaban J connectivity index is 2.07. The van der Waals surface area contributed by atoms with E-state index < -0.39 is 5.54 Å².